The molecule has 1 aliphatic rings. The first-order valence-corrected chi connectivity index (χ1v) is 9.85. The average molecular weight is 406 g/mol. The predicted molar refractivity (Wildman–Crippen MR) is 115 cm³/mol. The molecule has 0 radical (unpaired) electrons. The van der Waals surface area contributed by atoms with Crippen LogP contribution in [0.3, 0.4) is 0 Å². The lowest BCUT2D eigenvalue weighted by Crippen LogP contribution is -2.47. The monoisotopic (exact) mass is 406 g/mol. The van der Waals surface area contributed by atoms with E-state index in [1.807, 2.05) is 30.0 Å². The van der Waals surface area contributed by atoms with Gasteiger partial charge in [0.2, 0.25) is 0 Å². The van der Waals surface area contributed by atoms with Crippen molar-refractivity contribution in [1.29, 1.82) is 0 Å². The van der Waals surface area contributed by atoms with E-state index in [1.54, 1.807) is 18.3 Å². The van der Waals surface area contributed by atoms with E-state index in [0.717, 1.165) is 17.1 Å². The first kappa shape index (κ1) is 19.6. The Morgan fingerprint density at radius 2 is 1.83 bits per heavy atom. The van der Waals surface area contributed by atoms with Crippen LogP contribution in [-0.4, -0.2) is 46.1 Å². The Hall–Kier alpha value is -3.75. The van der Waals surface area contributed by atoms with Gasteiger partial charge in [-0.05, 0) is 24.6 Å². The summed E-state index contributed by atoms with van der Waals surface area (Å²) in [4.78, 5) is 38.7. The highest BCUT2D eigenvalue weighted by molar-refractivity contribution is 5.64. The minimum absolute atomic E-state index is 0.129. The Balaban J connectivity index is 1.47. The van der Waals surface area contributed by atoms with E-state index in [1.165, 1.54) is 12.1 Å². The van der Waals surface area contributed by atoms with Crippen molar-refractivity contribution in [1.82, 2.24) is 15.0 Å². The lowest BCUT2D eigenvalue weighted by atomic mass is 10.2. The smallest absolute Gasteiger partial charge is 0.292 e. The second kappa shape index (κ2) is 8.32. The molecule has 0 saturated carbocycles. The zero-order chi connectivity index (χ0) is 21.1. The van der Waals surface area contributed by atoms with E-state index >= 15 is 0 Å². The van der Waals surface area contributed by atoms with Crippen molar-refractivity contribution in [3.8, 4) is 11.4 Å². The van der Waals surface area contributed by atoms with Gasteiger partial charge in [0.05, 0.1) is 4.92 Å². The molecule has 0 aliphatic carbocycles. The van der Waals surface area contributed by atoms with Gasteiger partial charge >= 0.3 is 0 Å². The molecule has 0 amide bonds. The average Bonchev–Trinajstić information content (AvgIpc) is 2.79. The first-order valence-electron chi connectivity index (χ1n) is 9.85. The van der Waals surface area contributed by atoms with Crippen LogP contribution in [0.5, 0.6) is 0 Å². The summed E-state index contributed by atoms with van der Waals surface area (Å²) in [6.45, 7) is 4.71. The third kappa shape index (κ3) is 4.00. The molecule has 9 heteroatoms. The highest BCUT2D eigenvalue weighted by atomic mass is 16.6. The molecule has 3 aromatic rings. The number of nitro benzene ring substituents is 1. The lowest BCUT2D eigenvalue weighted by Gasteiger charge is -2.36. The zero-order valence-corrected chi connectivity index (χ0v) is 16.6. The van der Waals surface area contributed by atoms with Gasteiger partial charge in [-0.15, -0.1) is 0 Å². The number of para-hydroxylation sites is 2. The molecule has 1 aliphatic heterocycles. The van der Waals surface area contributed by atoms with Crippen molar-refractivity contribution in [2.75, 3.05) is 36.0 Å². The Labute approximate surface area is 173 Å². The van der Waals surface area contributed by atoms with Gasteiger partial charge in [0.15, 0.2) is 0 Å². The Kier molecular flexibility index (Phi) is 5.42. The molecule has 3 heterocycles. The Morgan fingerprint density at radius 3 is 2.50 bits per heavy atom. The van der Waals surface area contributed by atoms with E-state index in [0.29, 0.717) is 44.1 Å². The molecule has 1 N–H and O–H groups in total. The summed E-state index contributed by atoms with van der Waals surface area (Å²) in [7, 11) is 0. The second-order valence-corrected chi connectivity index (χ2v) is 7.06. The van der Waals surface area contributed by atoms with Crippen LogP contribution in [0.25, 0.3) is 11.4 Å². The number of rotatable bonds is 5. The number of nitro groups is 1. The number of benzene rings is 1. The number of aromatic nitrogens is 3. The van der Waals surface area contributed by atoms with Crippen LogP contribution < -0.4 is 15.4 Å². The van der Waals surface area contributed by atoms with Crippen molar-refractivity contribution in [3.63, 3.8) is 0 Å². The largest absolute Gasteiger partial charge is 0.362 e. The number of nitrogens with one attached hydrogen (secondary N) is 1. The van der Waals surface area contributed by atoms with Crippen LogP contribution in [0.4, 0.5) is 17.2 Å². The van der Waals surface area contributed by atoms with E-state index < -0.39 is 0 Å². The molecule has 0 bridgehead atoms. The minimum atomic E-state index is -0.339. The molecular weight excluding hydrogens is 384 g/mol. The predicted octanol–water partition coefficient (Wildman–Crippen LogP) is 2.63. The van der Waals surface area contributed by atoms with Gasteiger partial charge in [0, 0.05) is 55.8 Å². The van der Waals surface area contributed by atoms with Crippen LogP contribution in [0, 0.1) is 10.1 Å². The second-order valence-electron chi connectivity index (χ2n) is 7.06. The molecule has 9 nitrogen and oxygen atoms in total. The zero-order valence-electron chi connectivity index (χ0n) is 16.6. The molecule has 30 heavy (non-hydrogen) atoms. The molecule has 154 valence electrons. The van der Waals surface area contributed by atoms with Gasteiger partial charge in [-0.2, -0.15) is 0 Å². The number of anilines is 2. The maximum atomic E-state index is 11.8. The number of H-pyrrole nitrogens is 1. The van der Waals surface area contributed by atoms with Crippen molar-refractivity contribution < 1.29 is 4.92 Å². The topological polar surface area (TPSA) is 108 Å². The highest BCUT2D eigenvalue weighted by Crippen LogP contribution is 2.29. The number of aromatic amines is 1. The number of pyridine rings is 1. The fourth-order valence-electron chi connectivity index (χ4n) is 3.60. The van der Waals surface area contributed by atoms with Crippen molar-refractivity contribution in [3.05, 3.63) is 74.8 Å². The maximum Gasteiger partial charge on any atom is 0.292 e. The number of hydrogen-bond donors (Lipinski definition) is 1. The maximum absolute atomic E-state index is 11.8. The van der Waals surface area contributed by atoms with Crippen LogP contribution in [-0.2, 0) is 6.42 Å². The summed E-state index contributed by atoms with van der Waals surface area (Å²) >= 11 is 0. The van der Waals surface area contributed by atoms with Gasteiger partial charge in [-0.3, -0.25) is 14.9 Å². The fourth-order valence-corrected chi connectivity index (χ4v) is 3.60. The summed E-state index contributed by atoms with van der Waals surface area (Å²) in [5.41, 5.74) is 2.10. The SMILES string of the molecule is CCc1cc(=O)[nH]c(-c2ccc(N3CCN(c4ccccc4[N+](=O)[O-])CC3)nc2)n1. The van der Waals surface area contributed by atoms with Crippen molar-refractivity contribution in [2.45, 2.75) is 13.3 Å². The van der Waals surface area contributed by atoms with E-state index in [-0.39, 0.29) is 16.2 Å². The summed E-state index contributed by atoms with van der Waals surface area (Å²) in [6, 6.07) is 12.1. The standard InChI is InChI=1S/C21H22N6O3/c1-2-16-13-20(28)24-21(23-16)15-7-8-19(22-14-15)26-11-9-25(10-12-26)17-5-3-4-6-18(17)27(29)30/h3-8,13-14H,2,9-12H2,1H3,(H,23,24,28). The van der Waals surface area contributed by atoms with Crippen LogP contribution in [0.2, 0.25) is 0 Å². The summed E-state index contributed by atoms with van der Waals surface area (Å²) in [5.74, 6) is 1.34. The van der Waals surface area contributed by atoms with Gasteiger partial charge in [0.25, 0.3) is 11.2 Å². The number of hydrogen-bond acceptors (Lipinski definition) is 7. The minimum Gasteiger partial charge on any atom is -0.362 e. The molecule has 0 spiro atoms. The van der Waals surface area contributed by atoms with Crippen molar-refractivity contribution >= 4 is 17.2 Å². The van der Waals surface area contributed by atoms with Crippen LogP contribution >= 0.6 is 0 Å². The number of nitrogens with zero attached hydrogens (tertiary/aromatic N) is 5. The van der Waals surface area contributed by atoms with Crippen molar-refractivity contribution in [2.24, 2.45) is 0 Å². The molecule has 0 atom stereocenters. The van der Waals surface area contributed by atoms with Crippen LogP contribution in [0.1, 0.15) is 12.6 Å². The molecule has 1 saturated heterocycles. The van der Waals surface area contributed by atoms with E-state index in [2.05, 4.69) is 19.9 Å². The van der Waals surface area contributed by atoms with Gasteiger partial charge in [-0.25, -0.2) is 9.97 Å². The van der Waals surface area contributed by atoms with E-state index in [4.69, 9.17) is 0 Å². The third-order valence-corrected chi connectivity index (χ3v) is 5.20. The third-order valence-electron chi connectivity index (χ3n) is 5.20. The lowest BCUT2D eigenvalue weighted by molar-refractivity contribution is -0.384. The summed E-state index contributed by atoms with van der Waals surface area (Å²) in [5, 5.41) is 11.3. The highest BCUT2D eigenvalue weighted by Gasteiger charge is 2.23. The normalized spacial score (nSPS) is 14.0. The summed E-state index contributed by atoms with van der Waals surface area (Å²) < 4.78 is 0. The quantitative estimate of drug-likeness (QED) is 0.512. The Bertz CT molecular complexity index is 1100. The molecule has 0 unspecified atom stereocenters. The van der Waals surface area contributed by atoms with Gasteiger partial charge in [-0.1, -0.05) is 19.1 Å². The van der Waals surface area contributed by atoms with E-state index in [9.17, 15) is 14.9 Å². The van der Waals surface area contributed by atoms with Crippen LogP contribution in [0.15, 0.2) is 53.5 Å². The number of piperazine rings is 1. The van der Waals surface area contributed by atoms with Gasteiger partial charge < -0.3 is 14.8 Å². The molecule has 1 aromatic carbocycles. The molecule has 1 fully saturated rings. The molecule has 2 aromatic heterocycles. The molecule has 4 rings (SSSR count). The summed E-state index contributed by atoms with van der Waals surface area (Å²) in [6.07, 6.45) is 2.40. The fraction of sp³-hybridized carbons (Fsp3) is 0.286. The molecular formula is C21H22N6O3. The first-order chi connectivity index (χ1) is 14.5. The Morgan fingerprint density at radius 1 is 1.10 bits per heavy atom. The van der Waals surface area contributed by atoms with Gasteiger partial charge in [0.1, 0.15) is 17.3 Å². The number of aryl methyl sites for hydroxylation is 1.